The summed E-state index contributed by atoms with van der Waals surface area (Å²) in [6.07, 6.45) is 2.18. The predicted octanol–water partition coefficient (Wildman–Crippen LogP) is 3.12. The summed E-state index contributed by atoms with van der Waals surface area (Å²) >= 11 is 1.44. The molecule has 5 rings (SSSR count). The van der Waals surface area contributed by atoms with Gasteiger partial charge in [-0.05, 0) is 42.5 Å². The van der Waals surface area contributed by atoms with E-state index in [0.717, 1.165) is 39.1 Å². The topological polar surface area (TPSA) is 88.6 Å². The summed E-state index contributed by atoms with van der Waals surface area (Å²) in [7, 11) is 0. The van der Waals surface area contributed by atoms with Crippen LogP contribution in [0.15, 0.2) is 48.5 Å². The number of aryl methyl sites for hydroxylation is 1. The number of ether oxygens (including phenoxy) is 1. The van der Waals surface area contributed by atoms with Crippen LogP contribution in [0, 0.1) is 0 Å². The minimum Gasteiger partial charge on any atom is -0.457 e. The highest BCUT2D eigenvalue weighted by atomic mass is 32.1. The van der Waals surface area contributed by atoms with Crippen molar-refractivity contribution >= 4 is 39.5 Å². The molecule has 30 heavy (non-hydrogen) atoms. The van der Waals surface area contributed by atoms with Gasteiger partial charge in [-0.15, -0.1) is 11.3 Å². The average Bonchev–Trinajstić information content (AvgIpc) is 3.27. The summed E-state index contributed by atoms with van der Waals surface area (Å²) in [5.74, 6) is -1.03. The van der Waals surface area contributed by atoms with Gasteiger partial charge in [-0.1, -0.05) is 36.4 Å². The summed E-state index contributed by atoms with van der Waals surface area (Å²) in [6.45, 7) is -0.407. The van der Waals surface area contributed by atoms with E-state index in [9.17, 15) is 14.4 Å². The first-order valence-corrected chi connectivity index (χ1v) is 10.6. The Balaban J connectivity index is 1.29. The number of thiazole rings is 1. The Morgan fingerprint density at radius 1 is 1.17 bits per heavy atom. The molecule has 1 aliphatic heterocycles. The second-order valence-electron chi connectivity index (χ2n) is 7.47. The zero-order valence-corrected chi connectivity index (χ0v) is 16.9. The van der Waals surface area contributed by atoms with Crippen molar-refractivity contribution in [1.29, 1.82) is 0 Å². The number of para-hydroxylation sites is 1. The van der Waals surface area contributed by atoms with E-state index in [1.807, 2.05) is 48.5 Å². The third-order valence-corrected chi connectivity index (χ3v) is 6.64. The molecule has 1 N–H and O–H groups in total. The Hall–Kier alpha value is -3.26. The molecular formula is C22H19N3O4S. The first-order valence-electron chi connectivity index (χ1n) is 9.79. The number of nitrogens with one attached hydrogen (secondary N) is 1. The van der Waals surface area contributed by atoms with Crippen LogP contribution in [0.25, 0.3) is 10.2 Å². The smallest absolute Gasteiger partial charge is 0.326 e. The van der Waals surface area contributed by atoms with E-state index < -0.39 is 30.0 Å². The van der Waals surface area contributed by atoms with Gasteiger partial charge in [0.15, 0.2) is 0 Å². The number of fused-ring (bicyclic) bond motifs is 3. The molecule has 1 atom stereocenters. The quantitative estimate of drug-likeness (QED) is 0.517. The Kier molecular flexibility index (Phi) is 4.51. The SMILES string of the molecule is O=C(CN1C(=O)NC2(CCCc3ccccc32)C1=O)OCc1nc2ccccc2s1. The number of hydrogen-bond acceptors (Lipinski definition) is 6. The molecule has 8 heteroatoms. The lowest BCUT2D eigenvalue weighted by Crippen LogP contribution is -2.46. The van der Waals surface area contributed by atoms with Crippen LogP contribution in [0.1, 0.15) is 29.0 Å². The molecule has 0 radical (unpaired) electrons. The van der Waals surface area contributed by atoms with Crippen molar-refractivity contribution in [2.24, 2.45) is 0 Å². The van der Waals surface area contributed by atoms with E-state index in [0.29, 0.717) is 11.4 Å². The van der Waals surface area contributed by atoms with Crippen LogP contribution < -0.4 is 5.32 Å². The second kappa shape index (κ2) is 7.21. The predicted molar refractivity (Wildman–Crippen MR) is 111 cm³/mol. The van der Waals surface area contributed by atoms with Gasteiger partial charge in [0.05, 0.1) is 10.2 Å². The third-order valence-electron chi connectivity index (χ3n) is 5.63. The summed E-state index contributed by atoms with van der Waals surface area (Å²) in [6, 6.07) is 14.7. The minimum absolute atomic E-state index is 0.00973. The van der Waals surface area contributed by atoms with Crippen molar-refractivity contribution in [3.63, 3.8) is 0 Å². The fourth-order valence-electron chi connectivity index (χ4n) is 4.25. The van der Waals surface area contributed by atoms with Gasteiger partial charge < -0.3 is 10.1 Å². The van der Waals surface area contributed by atoms with Crippen molar-refractivity contribution in [2.75, 3.05) is 6.54 Å². The van der Waals surface area contributed by atoms with Crippen LogP contribution in [0.3, 0.4) is 0 Å². The van der Waals surface area contributed by atoms with Gasteiger partial charge in [0.1, 0.15) is 23.7 Å². The molecule has 1 spiro atoms. The maximum Gasteiger partial charge on any atom is 0.326 e. The Labute approximate surface area is 176 Å². The first-order chi connectivity index (χ1) is 14.6. The number of benzene rings is 2. The van der Waals surface area contributed by atoms with Crippen molar-refractivity contribution < 1.29 is 19.1 Å². The van der Waals surface area contributed by atoms with Crippen LogP contribution >= 0.6 is 11.3 Å². The highest BCUT2D eigenvalue weighted by Crippen LogP contribution is 2.39. The molecule has 1 unspecified atom stereocenters. The van der Waals surface area contributed by atoms with Crippen molar-refractivity contribution in [3.05, 3.63) is 64.7 Å². The summed E-state index contributed by atoms with van der Waals surface area (Å²) in [4.78, 5) is 43.5. The zero-order valence-electron chi connectivity index (χ0n) is 16.1. The number of imide groups is 1. The number of hydrogen-bond donors (Lipinski definition) is 1. The van der Waals surface area contributed by atoms with Crippen LogP contribution in [0.5, 0.6) is 0 Å². The molecule has 1 fully saturated rings. The van der Waals surface area contributed by atoms with Crippen LogP contribution in [0.4, 0.5) is 4.79 Å². The van der Waals surface area contributed by atoms with Crippen LogP contribution in [0.2, 0.25) is 0 Å². The number of carbonyl (C=O) groups excluding carboxylic acids is 3. The van der Waals surface area contributed by atoms with Gasteiger partial charge in [0, 0.05) is 0 Å². The highest BCUT2D eigenvalue weighted by Gasteiger charge is 2.54. The lowest BCUT2D eigenvalue weighted by molar-refractivity contribution is -0.149. The van der Waals surface area contributed by atoms with Gasteiger partial charge in [0.2, 0.25) is 0 Å². The lowest BCUT2D eigenvalue weighted by Gasteiger charge is -2.33. The average molecular weight is 421 g/mol. The fourth-order valence-corrected chi connectivity index (χ4v) is 5.13. The summed E-state index contributed by atoms with van der Waals surface area (Å²) in [5, 5.41) is 3.51. The number of nitrogens with zero attached hydrogens (tertiary/aromatic N) is 2. The van der Waals surface area contributed by atoms with E-state index >= 15 is 0 Å². The fraction of sp³-hybridized carbons (Fsp3) is 0.273. The van der Waals surface area contributed by atoms with Gasteiger partial charge in [-0.25, -0.2) is 9.78 Å². The molecule has 3 aromatic rings. The Morgan fingerprint density at radius 3 is 2.83 bits per heavy atom. The molecule has 1 saturated heterocycles. The van der Waals surface area contributed by atoms with Crippen LogP contribution in [-0.4, -0.2) is 34.3 Å². The van der Waals surface area contributed by atoms with Crippen LogP contribution in [-0.2, 0) is 32.9 Å². The Bertz CT molecular complexity index is 1140. The maximum atomic E-state index is 13.2. The number of aromatic nitrogens is 1. The molecule has 2 aromatic carbocycles. The molecule has 0 bridgehead atoms. The van der Waals surface area contributed by atoms with Crippen molar-refractivity contribution in [1.82, 2.24) is 15.2 Å². The summed E-state index contributed by atoms with van der Waals surface area (Å²) < 4.78 is 6.31. The van der Waals surface area contributed by atoms with Gasteiger partial charge in [-0.2, -0.15) is 0 Å². The molecule has 3 amide bonds. The van der Waals surface area contributed by atoms with E-state index in [4.69, 9.17) is 4.74 Å². The number of carbonyl (C=O) groups is 3. The van der Waals surface area contributed by atoms with Gasteiger partial charge in [-0.3, -0.25) is 14.5 Å². The van der Waals surface area contributed by atoms with E-state index in [1.165, 1.54) is 11.3 Å². The second-order valence-corrected chi connectivity index (χ2v) is 8.59. The standard InChI is InChI=1S/C22H19N3O4S/c26-19(29-13-18-23-16-9-3-4-10-17(16)30-18)12-25-20(27)22(24-21(25)28)11-5-7-14-6-1-2-8-15(14)22/h1-4,6,8-10H,5,7,11-13H2,(H,24,28). The first kappa shape index (κ1) is 18.7. The third kappa shape index (κ3) is 3.04. The molecule has 152 valence electrons. The van der Waals surface area contributed by atoms with Gasteiger partial charge >= 0.3 is 12.0 Å². The van der Waals surface area contributed by atoms with E-state index in [1.54, 1.807) is 0 Å². The highest BCUT2D eigenvalue weighted by molar-refractivity contribution is 7.18. The molecule has 2 aliphatic rings. The largest absolute Gasteiger partial charge is 0.457 e. The molecule has 2 heterocycles. The number of amides is 3. The van der Waals surface area contributed by atoms with Gasteiger partial charge in [0.25, 0.3) is 5.91 Å². The van der Waals surface area contributed by atoms with E-state index in [-0.39, 0.29) is 6.61 Å². The Morgan fingerprint density at radius 2 is 1.97 bits per heavy atom. The molecule has 7 nitrogen and oxygen atoms in total. The maximum absolute atomic E-state index is 13.2. The van der Waals surface area contributed by atoms with E-state index in [2.05, 4.69) is 10.3 Å². The normalized spacial score (nSPS) is 20.5. The summed E-state index contributed by atoms with van der Waals surface area (Å²) in [5.41, 5.74) is 1.64. The molecular weight excluding hydrogens is 402 g/mol. The number of esters is 1. The minimum atomic E-state index is -1.08. The number of urea groups is 1. The monoisotopic (exact) mass is 421 g/mol. The van der Waals surface area contributed by atoms with Crippen molar-refractivity contribution in [2.45, 2.75) is 31.4 Å². The lowest BCUT2D eigenvalue weighted by atomic mass is 9.76. The number of rotatable bonds is 4. The molecule has 1 aromatic heterocycles. The van der Waals surface area contributed by atoms with Crippen molar-refractivity contribution in [3.8, 4) is 0 Å². The molecule has 1 aliphatic carbocycles. The zero-order chi connectivity index (χ0) is 20.7. The molecule has 0 saturated carbocycles.